The molecule has 1 heterocycles. The SMILES string of the molecule is CC1(CNC(=O)C2CCC(F)(F)CC2)CCCN1. The zero-order chi connectivity index (χ0) is 13.2. The number of halogens is 2. The topological polar surface area (TPSA) is 41.1 Å². The molecule has 3 nitrogen and oxygen atoms in total. The second-order valence-electron chi connectivity index (χ2n) is 5.94. The van der Waals surface area contributed by atoms with Gasteiger partial charge in [0.05, 0.1) is 0 Å². The van der Waals surface area contributed by atoms with Gasteiger partial charge in [0.15, 0.2) is 0 Å². The molecule has 104 valence electrons. The maximum absolute atomic E-state index is 13.0. The van der Waals surface area contributed by atoms with Gasteiger partial charge in [0.25, 0.3) is 0 Å². The van der Waals surface area contributed by atoms with E-state index in [1.54, 1.807) is 0 Å². The van der Waals surface area contributed by atoms with Crippen LogP contribution in [0, 0.1) is 5.92 Å². The van der Waals surface area contributed by atoms with Crippen LogP contribution in [-0.2, 0) is 4.79 Å². The van der Waals surface area contributed by atoms with E-state index in [9.17, 15) is 13.6 Å². The van der Waals surface area contributed by atoms with E-state index < -0.39 is 5.92 Å². The van der Waals surface area contributed by atoms with Crippen molar-refractivity contribution in [2.45, 2.75) is 56.9 Å². The standard InChI is InChI=1S/C13H22F2N2O/c1-12(5-2-8-17-12)9-16-11(18)10-3-6-13(14,15)7-4-10/h10,17H,2-9H2,1H3,(H,16,18). The molecule has 0 aromatic heterocycles. The van der Waals surface area contributed by atoms with E-state index in [0.29, 0.717) is 19.4 Å². The van der Waals surface area contributed by atoms with Crippen molar-refractivity contribution in [1.82, 2.24) is 10.6 Å². The molecular weight excluding hydrogens is 238 g/mol. The molecule has 18 heavy (non-hydrogen) atoms. The fourth-order valence-corrected chi connectivity index (χ4v) is 2.84. The van der Waals surface area contributed by atoms with Gasteiger partial charge in [-0.15, -0.1) is 0 Å². The first-order chi connectivity index (χ1) is 8.40. The van der Waals surface area contributed by atoms with Crippen molar-refractivity contribution in [2.24, 2.45) is 5.92 Å². The summed E-state index contributed by atoms with van der Waals surface area (Å²) < 4.78 is 26.0. The first kappa shape index (κ1) is 13.7. The van der Waals surface area contributed by atoms with Gasteiger partial charge in [0.2, 0.25) is 11.8 Å². The molecule has 0 spiro atoms. The van der Waals surface area contributed by atoms with Gasteiger partial charge >= 0.3 is 0 Å². The molecule has 0 aromatic carbocycles. The zero-order valence-corrected chi connectivity index (χ0v) is 10.9. The predicted octanol–water partition coefficient (Wildman–Crippen LogP) is 2.07. The summed E-state index contributed by atoms with van der Waals surface area (Å²) in [6, 6.07) is 0. The van der Waals surface area contributed by atoms with Gasteiger partial charge in [-0.3, -0.25) is 4.79 Å². The van der Waals surface area contributed by atoms with Crippen LogP contribution in [-0.4, -0.2) is 30.5 Å². The van der Waals surface area contributed by atoms with Gasteiger partial charge in [0.1, 0.15) is 0 Å². The molecule has 0 radical (unpaired) electrons. The van der Waals surface area contributed by atoms with E-state index in [-0.39, 0.29) is 30.2 Å². The van der Waals surface area contributed by atoms with Gasteiger partial charge in [-0.05, 0) is 39.2 Å². The molecule has 2 aliphatic rings. The fraction of sp³-hybridized carbons (Fsp3) is 0.923. The van der Waals surface area contributed by atoms with Crippen molar-refractivity contribution in [1.29, 1.82) is 0 Å². The summed E-state index contributed by atoms with van der Waals surface area (Å²) in [4.78, 5) is 11.9. The highest BCUT2D eigenvalue weighted by molar-refractivity contribution is 5.78. The number of nitrogens with one attached hydrogen (secondary N) is 2. The first-order valence-electron chi connectivity index (χ1n) is 6.81. The summed E-state index contributed by atoms with van der Waals surface area (Å²) in [5.74, 6) is -2.84. The predicted molar refractivity (Wildman–Crippen MR) is 65.6 cm³/mol. The van der Waals surface area contributed by atoms with Gasteiger partial charge in [-0.1, -0.05) is 0 Å². The summed E-state index contributed by atoms with van der Waals surface area (Å²) in [7, 11) is 0. The molecule has 1 aliphatic carbocycles. The van der Waals surface area contributed by atoms with E-state index in [4.69, 9.17) is 0 Å². The largest absolute Gasteiger partial charge is 0.354 e. The number of carbonyl (C=O) groups is 1. The minimum Gasteiger partial charge on any atom is -0.354 e. The molecule has 0 aromatic rings. The summed E-state index contributed by atoms with van der Waals surface area (Å²) >= 11 is 0. The van der Waals surface area contributed by atoms with E-state index in [1.165, 1.54) is 0 Å². The van der Waals surface area contributed by atoms with Gasteiger partial charge < -0.3 is 10.6 Å². The van der Waals surface area contributed by atoms with Crippen LogP contribution in [0.4, 0.5) is 8.78 Å². The molecule has 1 amide bonds. The van der Waals surface area contributed by atoms with Crippen LogP contribution < -0.4 is 10.6 Å². The number of hydrogen-bond donors (Lipinski definition) is 2. The summed E-state index contributed by atoms with van der Waals surface area (Å²) in [5, 5.41) is 6.29. The third kappa shape index (κ3) is 3.40. The van der Waals surface area contributed by atoms with Crippen LogP contribution in [0.3, 0.4) is 0 Å². The Labute approximate surface area is 107 Å². The van der Waals surface area contributed by atoms with Gasteiger partial charge in [-0.2, -0.15) is 0 Å². The van der Waals surface area contributed by atoms with Crippen LogP contribution in [0.15, 0.2) is 0 Å². The summed E-state index contributed by atoms with van der Waals surface area (Å²) in [6.45, 7) is 3.68. The van der Waals surface area contributed by atoms with Crippen molar-refractivity contribution >= 4 is 5.91 Å². The van der Waals surface area contributed by atoms with Crippen molar-refractivity contribution in [2.75, 3.05) is 13.1 Å². The van der Waals surface area contributed by atoms with Crippen LogP contribution in [0.5, 0.6) is 0 Å². The molecule has 1 saturated heterocycles. The smallest absolute Gasteiger partial charge is 0.248 e. The number of alkyl halides is 2. The number of carbonyl (C=O) groups excluding carboxylic acids is 1. The highest BCUT2D eigenvalue weighted by Crippen LogP contribution is 2.36. The van der Waals surface area contributed by atoms with Crippen molar-refractivity contribution in [3.05, 3.63) is 0 Å². The molecule has 1 aliphatic heterocycles. The Bertz CT molecular complexity index is 304. The Morgan fingerprint density at radius 1 is 1.33 bits per heavy atom. The third-order valence-corrected chi connectivity index (χ3v) is 4.20. The van der Waals surface area contributed by atoms with E-state index in [1.807, 2.05) is 0 Å². The zero-order valence-electron chi connectivity index (χ0n) is 10.9. The lowest BCUT2D eigenvalue weighted by molar-refractivity contribution is -0.129. The van der Waals surface area contributed by atoms with Crippen molar-refractivity contribution in [3.8, 4) is 0 Å². The molecule has 1 saturated carbocycles. The van der Waals surface area contributed by atoms with E-state index in [2.05, 4.69) is 17.6 Å². The van der Waals surface area contributed by atoms with Crippen LogP contribution in [0.25, 0.3) is 0 Å². The van der Waals surface area contributed by atoms with Crippen molar-refractivity contribution in [3.63, 3.8) is 0 Å². The lowest BCUT2D eigenvalue weighted by atomic mass is 9.86. The highest BCUT2D eigenvalue weighted by Gasteiger charge is 2.38. The van der Waals surface area contributed by atoms with Crippen LogP contribution >= 0.6 is 0 Å². The normalized spacial score (nSPS) is 32.4. The minimum absolute atomic E-state index is 0.0196. The molecular formula is C13H22F2N2O. The minimum atomic E-state index is -2.56. The maximum Gasteiger partial charge on any atom is 0.248 e. The second kappa shape index (κ2) is 5.11. The molecule has 2 rings (SSSR count). The van der Waals surface area contributed by atoms with E-state index in [0.717, 1.165) is 19.4 Å². The van der Waals surface area contributed by atoms with Crippen LogP contribution in [0.1, 0.15) is 45.4 Å². The average molecular weight is 260 g/mol. The Balaban J connectivity index is 1.75. The summed E-state index contributed by atoms with van der Waals surface area (Å²) in [6.07, 6.45) is 2.49. The molecule has 5 heteroatoms. The number of hydrogen-bond acceptors (Lipinski definition) is 2. The average Bonchev–Trinajstić information content (AvgIpc) is 2.74. The molecule has 1 unspecified atom stereocenters. The molecule has 2 N–H and O–H groups in total. The molecule has 1 atom stereocenters. The van der Waals surface area contributed by atoms with Crippen molar-refractivity contribution < 1.29 is 13.6 Å². The lowest BCUT2D eigenvalue weighted by Gasteiger charge is -2.29. The molecule has 2 fully saturated rings. The number of amides is 1. The fourth-order valence-electron chi connectivity index (χ4n) is 2.84. The third-order valence-electron chi connectivity index (χ3n) is 4.20. The Morgan fingerprint density at radius 2 is 2.00 bits per heavy atom. The Kier molecular flexibility index (Phi) is 3.90. The molecule has 0 bridgehead atoms. The summed E-state index contributed by atoms with van der Waals surface area (Å²) in [5.41, 5.74) is -0.0196. The van der Waals surface area contributed by atoms with Gasteiger partial charge in [0, 0.05) is 30.8 Å². The quantitative estimate of drug-likeness (QED) is 0.815. The monoisotopic (exact) mass is 260 g/mol. The number of rotatable bonds is 3. The Morgan fingerprint density at radius 3 is 2.56 bits per heavy atom. The lowest BCUT2D eigenvalue weighted by Crippen LogP contribution is -2.49. The second-order valence-corrected chi connectivity index (χ2v) is 5.94. The Hall–Kier alpha value is -0.710. The van der Waals surface area contributed by atoms with Crippen LogP contribution in [0.2, 0.25) is 0 Å². The highest BCUT2D eigenvalue weighted by atomic mass is 19.3. The van der Waals surface area contributed by atoms with Gasteiger partial charge in [-0.25, -0.2) is 8.78 Å². The van der Waals surface area contributed by atoms with E-state index >= 15 is 0 Å². The maximum atomic E-state index is 13.0. The first-order valence-corrected chi connectivity index (χ1v) is 6.81.